The van der Waals surface area contributed by atoms with Crippen molar-refractivity contribution >= 4 is 34.9 Å². The van der Waals surface area contributed by atoms with Gasteiger partial charge < -0.3 is 18.8 Å². The van der Waals surface area contributed by atoms with E-state index in [2.05, 4.69) is 35.6 Å². The van der Waals surface area contributed by atoms with Crippen LogP contribution in [-0.2, 0) is 28.9 Å². The number of ether oxygens (including phenoxy) is 3. The van der Waals surface area contributed by atoms with E-state index in [1.807, 2.05) is 22.8 Å². The van der Waals surface area contributed by atoms with Gasteiger partial charge in [-0.25, -0.2) is 9.67 Å². The molecule has 39 heavy (non-hydrogen) atoms. The average molecular weight is 624 g/mol. The molecule has 5 rings (SSSR count). The minimum Gasteiger partial charge on any atom is -0.495 e. The summed E-state index contributed by atoms with van der Waals surface area (Å²) in [5.41, 5.74) is 0.832. The van der Waals surface area contributed by atoms with Gasteiger partial charge in [0.1, 0.15) is 18.6 Å². The van der Waals surface area contributed by atoms with Crippen molar-refractivity contribution in [1.29, 1.82) is 0 Å². The number of hydrogen-bond acceptors (Lipinski definition) is 5. The van der Waals surface area contributed by atoms with E-state index >= 15 is 0 Å². The van der Waals surface area contributed by atoms with Gasteiger partial charge in [-0.15, -0.1) is 5.10 Å². The van der Waals surface area contributed by atoms with Gasteiger partial charge in [-0.1, -0.05) is 37.8 Å². The molecule has 208 valence electrons. The smallest absolute Gasteiger partial charge is 0.416 e. The number of fused-ring (bicyclic) bond motifs is 2. The van der Waals surface area contributed by atoms with Crippen LogP contribution >= 0.6 is 15.9 Å². The van der Waals surface area contributed by atoms with Crippen LogP contribution in [0.4, 0.5) is 13.2 Å². The molecular weight excluding hydrogens is 593 g/mol. The fourth-order valence-corrected chi connectivity index (χ4v) is 5.98. The van der Waals surface area contributed by atoms with E-state index in [-0.39, 0.29) is 18.9 Å². The maximum Gasteiger partial charge on any atom is 0.416 e. The predicted octanol–water partition coefficient (Wildman–Crippen LogP) is 7.12. The average Bonchev–Trinajstić information content (AvgIpc) is 3.47. The summed E-state index contributed by atoms with van der Waals surface area (Å²) >= 11 is 3.55. The summed E-state index contributed by atoms with van der Waals surface area (Å²) in [6.45, 7) is 8.39. The van der Waals surface area contributed by atoms with Crippen LogP contribution in [0.1, 0.15) is 23.1 Å². The zero-order valence-corrected chi connectivity index (χ0v) is 24.8. The molecule has 4 aromatic rings. The van der Waals surface area contributed by atoms with Crippen molar-refractivity contribution < 1.29 is 27.4 Å². The lowest BCUT2D eigenvalue weighted by molar-refractivity contribution is -0.139. The minimum absolute atomic E-state index is 0.0192. The molecule has 3 heterocycles. The summed E-state index contributed by atoms with van der Waals surface area (Å²) in [6, 6.07) is 12.3. The molecule has 1 aliphatic rings. The highest BCUT2D eigenvalue weighted by Gasteiger charge is 2.38. The molecule has 12 heteroatoms. The lowest BCUT2D eigenvalue weighted by atomic mass is 10.0. The Labute approximate surface area is 234 Å². The van der Waals surface area contributed by atoms with Gasteiger partial charge in [-0.2, -0.15) is 13.2 Å². The first kappa shape index (κ1) is 27.9. The molecule has 7 nitrogen and oxygen atoms in total. The molecule has 1 unspecified atom stereocenters. The van der Waals surface area contributed by atoms with Crippen LogP contribution in [0.25, 0.3) is 22.4 Å². The normalized spacial score (nSPS) is 16.1. The summed E-state index contributed by atoms with van der Waals surface area (Å²) in [7, 11) is 0.325. The van der Waals surface area contributed by atoms with Crippen molar-refractivity contribution in [3.05, 3.63) is 63.9 Å². The number of hydrogen-bond donors (Lipinski definition) is 0. The largest absolute Gasteiger partial charge is 0.495 e. The van der Waals surface area contributed by atoms with Crippen LogP contribution in [0.3, 0.4) is 0 Å². The number of methoxy groups -OCH3 is 1. The lowest BCUT2D eigenvalue weighted by Gasteiger charge is -2.25. The summed E-state index contributed by atoms with van der Waals surface area (Å²) in [5, 5.41) is 5.56. The van der Waals surface area contributed by atoms with Gasteiger partial charge in [-0.3, -0.25) is 0 Å². The zero-order chi connectivity index (χ0) is 27.9. The van der Waals surface area contributed by atoms with Gasteiger partial charge in [-0.05, 0) is 46.2 Å². The SMILES string of the molecule is COc1c(Br)ccc2c1cc(-c1nc3n(n1)CCOC3c1ccccc1C(F)(F)F)n2COCC[Si](C)(C)C. The molecule has 0 aliphatic carbocycles. The zero-order valence-electron chi connectivity index (χ0n) is 22.2. The summed E-state index contributed by atoms with van der Waals surface area (Å²) in [5.74, 6) is 1.38. The van der Waals surface area contributed by atoms with Crippen LogP contribution in [0.2, 0.25) is 25.7 Å². The highest BCUT2D eigenvalue weighted by molar-refractivity contribution is 9.10. The highest BCUT2D eigenvalue weighted by Crippen LogP contribution is 2.41. The molecule has 0 radical (unpaired) electrons. The van der Waals surface area contributed by atoms with E-state index in [0.29, 0.717) is 36.2 Å². The monoisotopic (exact) mass is 622 g/mol. The maximum absolute atomic E-state index is 13.8. The van der Waals surface area contributed by atoms with Gasteiger partial charge in [0, 0.05) is 25.6 Å². The van der Waals surface area contributed by atoms with Crippen LogP contribution in [-0.4, -0.2) is 47.7 Å². The third kappa shape index (κ3) is 5.65. The van der Waals surface area contributed by atoms with E-state index in [9.17, 15) is 13.2 Å². The molecule has 1 aliphatic heterocycles. The summed E-state index contributed by atoms with van der Waals surface area (Å²) < 4.78 is 63.5. The lowest BCUT2D eigenvalue weighted by Crippen LogP contribution is -2.25. The third-order valence-electron chi connectivity index (χ3n) is 6.71. The second-order valence-electron chi connectivity index (χ2n) is 10.7. The third-order valence-corrected chi connectivity index (χ3v) is 9.04. The Morgan fingerprint density at radius 3 is 2.64 bits per heavy atom. The molecule has 1 atom stereocenters. The molecule has 0 saturated heterocycles. The van der Waals surface area contributed by atoms with Crippen molar-refractivity contribution in [2.24, 2.45) is 0 Å². The number of halogens is 4. The Morgan fingerprint density at radius 2 is 1.92 bits per heavy atom. The first-order chi connectivity index (χ1) is 18.5. The minimum atomic E-state index is -4.52. The highest BCUT2D eigenvalue weighted by atomic mass is 79.9. The van der Waals surface area contributed by atoms with Gasteiger partial charge in [0.25, 0.3) is 0 Å². The fraction of sp³-hybridized carbons (Fsp3) is 0.407. The second-order valence-corrected chi connectivity index (χ2v) is 17.1. The quantitative estimate of drug-likeness (QED) is 0.155. The standard InChI is InChI=1S/C27H30BrF3N4O3Si/c1-36-23-18-15-22(34(21(18)10-9-20(23)28)16-37-13-14-39(2,3)4)25-32-26-24(38-12-11-35(26)33-25)17-7-5-6-8-19(17)27(29,30)31/h5-10,15,24H,11-14,16H2,1-4H3. The van der Waals surface area contributed by atoms with Crippen molar-refractivity contribution in [2.75, 3.05) is 20.3 Å². The number of aromatic nitrogens is 4. The molecule has 2 aromatic heterocycles. The predicted molar refractivity (Wildman–Crippen MR) is 149 cm³/mol. The van der Waals surface area contributed by atoms with Gasteiger partial charge in [0.05, 0.1) is 41.5 Å². The summed E-state index contributed by atoms with van der Waals surface area (Å²) in [6.07, 6.45) is -5.51. The molecule has 0 bridgehead atoms. The van der Waals surface area contributed by atoms with Crippen LogP contribution in [0.15, 0.2) is 46.9 Å². The number of alkyl halides is 3. The van der Waals surface area contributed by atoms with E-state index < -0.39 is 25.9 Å². The van der Waals surface area contributed by atoms with Gasteiger partial charge in [0.2, 0.25) is 0 Å². The van der Waals surface area contributed by atoms with Crippen LogP contribution in [0.5, 0.6) is 5.75 Å². The maximum atomic E-state index is 13.8. The Bertz CT molecular complexity index is 1500. The molecule has 0 amide bonds. The Balaban J connectivity index is 1.58. The summed E-state index contributed by atoms with van der Waals surface area (Å²) in [4.78, 5) is 4.74. The molecule has 0 spiro atoms. The molecule has 0 fully saturated rings. The van der Waals surface area contributed by atoms with E-state index in [0.717, 1.165) is 27.5 Å². The van der Waals surface area contributed by atoms with Crippen molar-refractivity contribution in [2.45, 2.75) is 51.2 Å². The Morgan fingerprint density at radius 1 is 1.15 bits per heavy atom. The first-order valence-corrected chi connectivity index (χ1v) is 17.1. The van der Waals surface area contributed by atoms with Crippen molar-refractivity contribution in [3.63, 3.8) is 0 Å². The number of rotatable bonds is 8. The second kappa shape index (κ2) is 10.7. The van der Waals surface area contributed by atoms with E-state index in [1.54, 1.807) is 17.9 Å². The fourth-order valence-electron chi connectivity index (χ4n) is 4.71. The molecule has 0 N–H and O–H groups in total. The van der Waals surface area contributed by atoms with E-state index in [1.165, 1.54) is 12.1 Å². The molecule has 2 aromatic carbocycles. The van der Waals surface area contributed by atoms with Gasteiger partial charge >= 0.3 is 6.18 Å². The molecule has 0 saturated carbocycles. The molecular formula is C27H30BrF3N4O3Si. The van der Waals surface area contributed by atoms with Gasteiger partial charge in [0.15, 0.2) is 11.6 Å². The Hall–Kier alpha value is -2.67. The van der Waals surface area contributed by atoms with Crippen molar-refractivity contribution in [1.82, 2.24) is 19.3 Å². The van der Waals surface area contributed by atoms with Crippen LogP contribution in [0, 0.1) is 0 Å². The number of nitrogens with zero attached hydrogens (tertiary/aromatic N) is 4. The topological polar surface area (TPSA) is 63.3 Å². The Kier molecular flexibility index (Phi) is 7.66. The van der Waals surface area contributed by atoms with Crippen LogP contribution < -0.4 is 4.74 Å². The first-order valence-electron chi connectivity index (χ1n) is 12.6. The van der Waals surface area contributed by atoms with E-state index in [4.69, 9.17) is 24.3 Å². The van der Waals surface area contributed by atoms with Crippen molar-refractivity contribution in [3.8, 4) is 17.3 Å². The number of benzene rings is 2.